The van der Waals surface area contributed by atoms with Crippen LogP contribution < -0.4 is 11.5 Å². The van der Waals surface area contributed by atoms with Crippen molar-refractivity contribution in [2.24, 2.45) is 5.73 Å². The van der Waals surface area contributed by atoms with E-state index in [-0.39, 0.29) is 0 Å². The Morgan fingerprint density at radius 2 is 2.07 bits per heavy atom. The van der Waals surface area contributed by atoms with Crippen LogP contribution in [0.25, 0.3) is 0 Å². The molecule has 0 saturated carbocycles. The zero-order valence-electron chi connectivity index (χ0n) is 9.16. The molecule has 0 atom stereocenters. The van der Waals surface area contributed by atoms with E-state index < -0.39 is 5.91 Å². The van der Waals surface area contributed by atoms with Crippen molar-refractivity contribution in [1.29, 1.82) is 0 Å². The molecule has 0 heterocycles. The maximum Gasteiger partial charge on any atom is 0.250 e. The summed E-state index contributed by atoms with van der Waals surface area (Å²) < 4.78 is 0. The summed E-state index contributed by atoms with van der Waals surface area (Å²) in [7, 11) is 4.03. The van der Waals surface area contributed by atoms with Gasteiger partial charge in [-0.3, -0.25) is 4.79 Å². The van der Waals surface area contributed by atoms with Crippen LogP contribution in [0.2, 0.25) is 0 Å². The highest BCUT2D eigenvalue weighted by Gasteiger charge is 2.05. The molecule has 0 saturated heterocycles. The fourth-order valence-corrected chi connectivity index (χ4v) is 1.34. The van der Waals surface area contributed by atoms with Gasteiger partial charge in [0.25, 0.3) is 5.91 Å². The summed E-state index contributed by atoms with van der Waals surface area (Å²) in [6.07, 6.45) is 0.913. The summed E-state index contributed by atoms with van der Waals surface area (Å²) >= 11 is 0. The summed E-state index contributed by atoms with van der Waals surface area (Å²) in [5.41, 5.74) is 12.8. The second-order valence-electron chi connectivity index (χ2n) is 3.84. The van der Waals surface area contributed by atoms with Gasteiger partial charge in [-0.25, -0.2) is 0 Å². The van der Waals surface area contributed by atoms with E-state index in [0.717, 1.165) is 18.5 Å². The van der Waals surface area contributed by atoms with Crippen molar-refractivity contribution in [3.05, 3.63) is 29.3 Å². The van der Waals surface area contributed by atoms with Crippen LogP contribution in [0.4, 0.5) is 5.69 Å². The molecule has 0 aliphatic heterocycles. The fourth-order valence-electron chi connectivity index (χ4n) is 1.34. The third kappa shape index (κ3) is 3.25. The third-order valence-electron chi connectivity index (χ3n) is 2.23. The van der Waals surface area contributed by atoms with Gasteiger partial charge in [0, 0.05) is 12.2 Å². The first-order valence-corrected chi connectivity index (χ1v) is 4.83. The molecule has 0 bridgehead atoms. The van der Waals surface area contributed by atoms with E-state index in [2.05, 4.69) is 4.90 Å². The lowest BCUT2D eigenvalue weighted by Crippen LogP contribution is -2.16. The molecule has 0 aromatic heterocycles. The third-order valence-corrected chi connectivity index (χ3v) is 2.23. The summed E-state index contributed by atoms with van der Waals surface area (Å²) in [4.78, 5) is 13.0. The standard InChI is InChI=1S/C11H17N3O/c1-14(2)6-5-8-3-4-9(11(13)15)10(12)7-8/h3-4,7H,5-6,12H2,1-2H3,(H2,13,15). The topological polar surface area (TPSA) is 72.3 Å². The predicted molar refractivity (Wildman–Crippen MR) is 61.6 cm³/mol. The molecule has 1 amide bonds. The van der Waals surface area contributed by atoms with Crippen LogP contribution in [0.1, 0.15) is 15.9 Å². The first-order chi connectivity index (χ1) is 7.00. The second kappa shape index (κ2) is 4.79. The Morgan fingerprint density at radius 3 is 2.53 bits per heavy atom. The van der Waals surface area contributed by atoms with Crippen LogP contribution in [0.5, 0.6) is 0 Å². The van der Waals surface area contributed by atoms with Crippen LogP contribution in [0.15, 0.2) is 18.2 Å². The van der Waals surface area contributed by atoms with Crippen LogP contribution >= 0.6 is 0 Å². The molecule has 1 aromatic rings. The van der Waals surface area contributed by atoms with Gasteiger partial charge in [-0.15, -0.1) is 0 Å². The zero-order valence-corrected chi connectivity index (χ0v) is 9.16. The second-order valence-corrected chi connectivity index (χ2v) is 3.84. The number of nitrogens with two attached hydrogens (primary N) is 2. The number of nitrogen functional groups attached to an aromatic ring is 1. The average Bonchev–Trinajstić information content (AvgIpc) is 2.14. The van der Waals surface area contributed by atoms with Gasteiger partial charge in [-0.2, -0.15) is 0 Å². The molecule has 15 heavy (non-hydrogen) atoms. The molecule has 0 fully saturated rings. The van der Waals surface area contributed by atoms with Gasteiger partial charge < -0.3 is 16.4 Å². The van der Waals surface area contributed by atoms with E-state index in [1.165, 1.54) is 0 Å². The summed E-state index contributed by atoms with van der Waals surface area (Å²) in [6.45, 7) is 0.954. The van der Waals surface area contributed by atoms with E-state index in [9.17, 15) is 4.79 Å². The number of amides is 1. The minimum Gasteiger partial charge on any atom is -0.398 e. The van der Waals surface area contributed by atoms with E-state index in [0.29, 0.717) is 11.3 Å². The molecule has 4 nitrogen and oxygen atoms in total. The molecule has 0 aliphatic rings. The Morgan fingerprint density at radius 1 is 1.40 bits per heavy atom. The zero-order chi connectivity index (χ0) is 11.4. The van der Waals surface area contributed by atoms with Crippen molar-refractivity contribution < 1.29 is 4.79 Å². The number of rotatable bonds is 4. The predicted octanol–water partition coefficient (Wildman–Crippen LogP) is 0.472. The molecule has 4 heteroatoms. The quantitative estimate of drug-likeness (QED) is 0.705. The maximum absolute atomic E-state index is 10.9. The van der Waals surface area contributed by atoms with Gasteiger partial charge in [-0.05, 0) is 38.2 Å². The Kier molecular flexibility index (Phi) is 3.68. The van der Waals surface area contributed by atoms with Crippen molar-refractivity contribution in [1.82, 2.24) is 4.90 Å². The number of hydrogen-bond acceptors (Lipinski definition) is 3. The van der Waals surface area contributed by atoms with Crippen molar-refractivity contribution in [3.63, 3.8) is 0 Å². The lowest BCUT2D eigenvalue weighted by molar-refractivity contribution is 0.100. The first-order valence-electron chi connectivity index (χ1n) is 4.83. The number of primary amides is 1. The average molecular weight is 207 g/mol. The molecule has 1 rings (SSSR count). The fraction of sp³-hybridized carbons (Fsp3) is 0.364. The molecule has 0 spiro atoms. The molecule has 0 radical (unpaired) electrons. The minimum atomic E-state index is -0.480. The minimum absolute atomic E-state index is 0.392. The summed E-state index contributed by atoms with van der Waals surface area (Å²) in [6, 6.07) is 5.38. The molecular weight excluding hydrogens is 190 g/mol. The molecular formula is C11H17N3O. The van der Waals surface area contributed by atoms with Crippen molar-refractivity contribution in [2.45, 2.75) is 6.42 Å². The molecule has 82 valence electrons. The summed E-state index contributed by atoms with van der Waals surface area (Å²) in [5.74, 6) is -0.480. The number of hydrogen-bond donors (Lipinski definition) is 2. The van der Waals surface area contributed by atoms with E-state index in [1.807, 2.05) is 26.2 Å². The van der Waals surface area contributed by atoms with Crippen molar-refractivity contribution in [3.8, 4) is 0 Å². The number of nitrogens with zero attached hydrogens (tertiary/aromatic N) is 1. The number of carbonyl (C=O) groups excluding carboxylic acids is 1. The van der Waals surface area contributed by atoms with Crippen LogP contribution in [-0.4, -0.2) is 31.4 Å². The van der Waals surface area contributed by atoms with Gasteiger partial charge in [0.1, 0.15) is 0 Å². The number of likely N-dealkylation sites (N-methyl/N-ethyl adjacent to an activating group) is 1. The van der Waals surface area contributed by atoms with E-state index in [1.54, 1.807) is 6.07 Å². The molecule has 4 N–H and O–H groups in total. The van der Waals surface area contributed by atoms with E-state index in [4.69, 9.17) is 11.5 Å². The highest BCUT2D eigenvalue weighted by molar-refractivity contribution is 5.97. The number of benzene rings is 1. The maximum atomic E-state index is 10.9. The highest BCUT2D eigenvalue weighted by Crippen LogP contribution is 2.14. The van der Waals surface area contributed by atoms with Crippen LogP contribution in [0.3, 0.4) is 0 Å². The Labute approximate surface area is 89.9 Å². The Balaban J connectivity index is 2.78. The lowest BCUT2D eigenvalue weighted by Gasteiger charge is -2.10. The molecule has 0 unspecified atom stereocenters. The Bertz CT molecular complexity index is 361. The molecule has 0 aliphatic carbocycles. The largest absolute Gasteiger partial charge is 0.398 e. The monoisotopic (exact) mass is 207 g/mol. The number of anilines is 1. The molecule has 1 aromatic carbocycles. The van der Waals surface area contributed by atoms with Crippen LogP contribution in [-0.2, 0) is 6.42 Å². The number of carbonyl (C=O) groups is 1. The first kappa shape index (κ1) is 11.5. The van der Waals surface area contributed by atoms with Gasteiger partial charge in [0.2, 0.25) is 0 Å². The SMILES string of the molecule is CN(C)CCc1ccc(C(N)=O)c(N)c1. The van der Waals surface area contributed by atoms with Crippen molar-refractivity contribution in [2.75, 3.05) is 26.4 Å². The van der Waals surface area contributed by atoms with E-state index >= 15 is 0 Å². The Hall–Kier alpha value is -1.55. The van der Waals surface area contributed by atoms with Gasteiger partial charge >= 0.3 is 0 Å². The smallest absolute Gasteiger partial charge is 0.250 e. The summed E-state index contributed by atoms with van der Waals surface area (Å²) in [5, 5.41) is 0. The normalized spacial score (nSPS) is 10.6. The van der Waals surface area contributed by atoms with Gasteiger partial charge in [0.15, 0.2) is 0 Å². The van der Waals surface area contributed by atoms with Crippen LogP contribution in [0, 0.1) is 0 Å². The van der Waals surface area contributed by atoms with Gasteiger partial charge in [-0.1, -0.05) is 6.07 Å². The van der Waals surface area contributed by atoms with Crippen molar-refractivity contribution >= 4 is 11.6 Å². The lowest BCUT2D eigenvalue weighted by atomic mass is 10.1. The highest BCUT2D eigenvalue weighted by atomic mass is 16.1. The van der Waals surface area contributed by atoms with Gasteiger partial charge in [0.05, 0.1) is 5.56 Å².